The van der Waals surface area contributed by atoms with Gasteiger partial charge in [-0.1, -0.05) is 19.9 Å². The smallest absolute Gasteiger partial charge is 0.291 e. The van der Waals surface area contributed by atoms with Crippen LogP contribution >= 0.6 is 0 Å². The molecule has 0 saturated carbocycles. The van der Waals surface area contributed by atoms with Crippen LogP contribution in [0.2, 0.25) is 0 Å². The van der Waals surface area contributed by atoms with E-state index in [-0.39, 0.29) is 28.3 Å². The van der Waals surface area contributed by atoms with Crippen molar-refractivity contribution in [3.05, 3.63) is 47.3 Å². The Morgan fingerprint density at radius 1 is 1.26 bits per heavy atom. The van der Waals surface area contributed by atoms with E-state index < -0.39 is 63.2 Å². The van der Waals surface area contributed by atoms with Crippen molar-refractivity contribution >= 4 is 17.2 Å². The Kier molecular flexibility index (Phi) is 3.55. The fourth-order valence-corrected chi connectivity index (χ4v) is 4.61. The maximum atomic E-state index is 13.1. The molecule has 2 aromatic rings. The zero-order valence-corrected chi connectivity index (χ0v) is 20.1. The normalized spacial score (nSPS) is 28.2. The molecular formula is C28H38N6O. The van der Waals surface area contributed by atoms with Crippen molar-refractivity contribution in [3.63, 3.8) is 0 Å². The van der Waals surface area contributed by atoms with Crippen LogP contribution in [-0.4, -0.2) is 43.9 Å². The van der Waals surface area contributed by atoms with Crippen LogP contribution in [0.25, 0.3) is 5.57 Å². The molecule has 4 rings (SSSR count). The summed E-state index contributed by atoms with van der Waals surface area (Å²) in [5.74, 6) is -2.04. The molecule has 0 bridgehead atoms. The number of aromatic nitrogens is 3. The monoisotopic (exact) mass is 486 g/mol. The molecule has 2 N–H and O–H groups in total. The Morgan fingerprint density at radius 3 is 2.54 bits per heavy atom. The van der Waals surface area contributed by atoms with Crippen LogP contribution in [0.3, 0.4) is 0 Å². The molecule has 0 radical (unpaired) electrons. The third kappa shape index (κ3) is 5.18. The lowest BCUT2D eigenvalue weighted by molar-refractivity contribution is -0.0134. The van der Waals surface area contributed by atoms with E-state index >= 15 is 0 Å². The number of anilines is 1. The van der Waals surface area contributed by atoms with Crippen LogP contribution in [0.1, 0.15) is 123 Å². The molecule has 0 atom stereocenters. The Morgan fingerprint density at radius 2 is 1.97 bits per heavy atom. The summed E-state index contributed by atoms with van der Waals surface area (Å²) in [7, 11) is 0.964. The van der Waals surface area contributed by atoms with Crippen molar-refractivity contribution < 1.29 is 21.2 Å². The van der Waals surface area contributed by atoms with Crippen molar-refractivity contribution in [2.45, 2.75) is 90.4 Å². The summed E-state index contributed by atoms with van der Waals surface area (Å²) in [6.45, 7) is -9.16. The van der Waals surface area contributed by atoms with E-state index in [0.717, 1.165) is 19.0 Å². The van der Waals surface area contributed by atoms with E-state index in [9.17, 15) is 4.79 Å². The Bertz CT molecular complexity index is 1520. The number of H-pyrrole nitrogens is 1. The van der Waals surface area contributed by atoms with Gasteiger partial charge >= 0.3 is 0 Å². The van der Waals surface area contributed by atoms with E-state index in [1.165, 1.54) is 18.3 Å². The molecular weight excluding hydrogens is 436 g/mol. The number of carbonyl (C=O) groups excluding carboxylic acids is 1. The van der Waals surface area contributed by atoms with Crippen molar-refractivity contribution in [2.24, 2.45) is 5.41 Å². The number of imidazole rings is 1. The quantitative estimate of drug-likeness (QED) is 0.562. The van der Waals surface area contributed by atoms with Crippen molar-refractivity contribution in [2.75, 3.05) is 12.4 Å². The maximum Gasteiger partial charge on any atom is 0.291 e. The van der Waals surface area contributed by atoms with Gasteiger partial charge in [-0.05, 0) is 89.7 Å². The summed E-state index contributed by atoms with van der Waals surface area (Å²) in [5.41, 5.74) is -4.32. The minimum absolute atomic E-state index is 0.0155. The molecule has 3 heterocycles. The number of allylic oxidation sites excluding steroid dienone is 2. The fourth-order valence-electron chi connectivity index (χ4n) is 4.61. The first-order valence-corrected chi connectivity index (χ1v) is 11.5. The molecule has 7 nitrogen and oxygen atoms in total. The summed E-state index contributed by atoms with van der Waals surface area (Å²) in [5, 5.41) is 11.8. The van der Waals surface area contributed by atoms with Crippen LogP contribution in [-0.2, 0) is 0 Å². The Labute approximate surface area is 225 Å². The van der Waals surface area contributed by atoms with Gasteiger partial charge in [0.15, 0.2) is 5.82 Å². The number of pyridine rings is 1. The van der Waals surface area contributed by atoms with Gasteiger partial charge in [-0.15, -0.1) is 0 Å². The first kappa shape index (κ1) is 13.9. The molecule has 35 heavy (non-hydrogen) atoms. The molecule has 0 spiro atoms. The average molecular weight is 487 g/mol. The van der Waals surface area contributed by atoms with Gasteiger partial charge in [0.25, 0.3) is 5.91 Å². The van der Waals surface area contributed by atoms with Crippen LogP contribution in [0.4, 0.5) is 5.69 Å². The highest BCUT2D eigenvalue weighted by Crippen LogP contribution is 2.45. The maximum absolute atomic E-state index is 13.1. The van der Waals surface area contributed by atoms with Gasteiger partial charge in [-0.3, -0.25) is 14.7 Å². The second kappa shape index (κ2) is 8.91. The zero-order chi connectivity index (χ0) is 35.6. The molecule has 1 aliphatic carbocycles. The standard InChI is InChI=1S/C28H38N6O/c1-26(2)12-10-18(11-13-26)23-22(33-25(35)24-30-17-20(16-29)31-24)9-8-21(32-23)19-14-27(3,4)34(7)28(5,6)15-19/h8-10,17,19H,11-15H2,1-7H3,(H,30,31)(H,33,35)/i3D3,4D3,5D3,6D3. The van der Waals surface area contributed by atoms with E-state index in [0.29, 0.717) is 23.4 Å². The van der Waals surface area contributed by atoms with Crippen molar-refractivity contribution in [1.82, 2.24) is 19.9 Å². The number of amides is 1. The SMILES string of the molecule is [2H]C([2H])([2H])C1(C([2H])([2H])[2H])CC(c2ccc(NC(=O)c3ncc(C#N)[nH]3)c(C3=CCC(C)(C)CC3)n2)CC(C([2H])([2H])[2H])(C([2H])([2H])[2H])N1C. The summed E-state index contributed by atoms with van der Waals surface area (Å²) < 4.78 is 101. The highest BCUT2D eigenvalue weighted by molar-refractivity contribution is 6.03. The molecule has 2 aromatic heterocycles. The number of likely N-dealkylation sites (tertiary alicyclic amines) is 1. The van der Waals surface area contributed by atoms with Crippen molar-refractivity contribution in [1.29, 1.82) is 5.26 Å². The number of carbonyl (C=O) groups is 1. The van der Waals surface area contributed by atoms with Crippen LogP contribution in [0.5, 0.6) is 0 Å². The second-order valence-electron chi connectivity index (χ2n) is 10.3. The predicted molar refractivity (Wildman–Crippen MR) is 139 cm³/mol. The summed E-state index contributed by atoms with van der Waals surface area (Å²) in [6.07, 6.45) is 3.86. The minimum Gasteiger partial charge on any atom is -0.326 e. The number of rotatable bonds is 4. The highest BCUT2D eigenvalue weighted by Gasteiger charge is 2.44. The zero-order valence-electron chi connectivity index (χ0n) is 32.1. The molecule has 7 heteroatoms. The molecule has 1 saturated heterocycles. The molecule has 1 amide bonds. The van der Waals surface area contributed by atoms with Gasteiger partial charge in [-0.2, -0.15) is 5.26 Å². The molecule has 0 unspecified atom stereocenters. The predicted octanol–water partition coefficient (Wildman–Crippen LogP) is 5.89. The number of nitriles is 1. The van der Waals surface area contributed by atoms with Gasteiger partial charge in [-0.25, -0.2) is 4.98 Å². The van der Waals surface area contributed by atoms with Crippen LogP contribution in [0, 0.1) is 16.7 Å². The molecule has 0 aromatic carbocycles. The van der Waals surface area contributed by atoms with Gasteiger partial charge in [0.1, 0.15) is 11.8 Å². The molecule has 1 fully saturated rings. The van der Waals surface area contributed by atoms with Crippen LogP contribution in [0.15, 0.2) is 24.4 Å². The minimum atomic E-state index is -3.34. The third-order valence-corrected chi connectivity index (χ3v) is 7.00. The number of aromatic amines is 1. The second-order valence-corrected chi connectivity index (χ2v) is 10.3. The van der Waals surface area contributed by atoms with Gasteiger partial charge in [0, 0.05) is 39.1 Å². The molecule has 186 valence electrons. The lowest BCUT2D eigenvalue weighted by Gasteiger charge is -2.53. The number of nitrogens with zero attached hydrogens (tertiary/aromatic N) is 4. The van der Waals surface area contributed by atoms with Gasteiger partial charge < -0.3 is 10.3 Å². The van der Waals surface area contributed by atoms with Crippen LogP contribution < -0.4 is 5.32 Å². The summed E-state index contributed by atoms with van der Waals surface area (Å²) in [4.78, 5) is 25.0. The van der Waals surface area contributed by atoms with E-state index in [1.807, 2.05) is 12.1 Å². The summed E-state index contributed by atoms with van der Waals surface area (Å²) in [6, 6.07) is 4.76. The number of hydrogen-bond donors (Lipinski definition) is 2. The van der Waals surface area contributed by atoms with E-state index in [4.69, 9.17) is 26.7 Å². The lowest BCUT2D eigenvalue weighted by Crippen LogP contribution is -2.58. The number of hydrogen-bond acceptors (Lipinski definition) is 5. The van der Waals surface area contributed by atoms with Gasteiger partial charge in [0.2, 0.25) is 0 Å². The van der Waals surface area contributed by atoms with E-state index in [2.05, 4.69) is 29.1 Å². The fraction of sp³-hybridized carbons (Fsp3) is 0.571. The molecule has 2 aliphatic rings. The molecule has 1 aliphatic heterocycles. The first-order chi connectivity index (χ1) is 21.3. The first-order valence-electron chi connectivity index (χ1n) is 17.5. The Hall–Kier alpha value is -2.98. The number of nitrogens with one attached hydrogen (secondary N) is 2. The summed E-state index contributed by atoms with van der Waals surface area (Å²) >= 11 is 0. The Balaban J connectivity index is 1.94. The average Bonchev–Trinajstić information content (AvgIpc) is 3.40. The number of piperidine rings is 1. The largest absolute Gasteiger partial charge is 0.326 e. The van der Waals surface area contributed by atoms with Crippen molar-refractivity contribution in [3.8, 4) is 6.07 Å². The van der Waals surface area contributed by atoms with Gasteiger partial charge in [0.05, 0.1) is 17.6 Å². The lowest BCUT2D eigenvalue weighted by atomic mass is 9.72. The highest BCUT2D eigenvalue weighted by atomic mass is 16.2. The topological polar surface area (TPSA) is 97.7 Å². The van der Waals surface area contributed by atoms with E-state index in [1.54, 1.807) is 0 Å². The third-order valence-electron chi connectivity index (χ3n) is 7.00.